The molecule has 0 unspecified atom stereocenters. The van der Waals surface area contributed by atoms with Crippen LogP contribution in [0.5, 0.6) is 0 Å². The van der Waals surface area contributed by atoms with Gasteiger partial charge in [-0.1, -0.05) is 0 Å². The molecular weight excluding hydrogens is 167 g/mol. The second kappa shape index (κ2) is 5.46. The predicted molar refractivity (Wildman–Crippen MR) is 42.6 cm³/mol. The first kappa shape index (κ1) is 10.8. The van der Waals surface area contributed by atoms with Crippen LogP contribution in [0.2, 0.25) is 0 Å². The molecule has 4 heteroatoms. The molecule has 0 atom stereocenters. The summed E-state index contributed by atoms with van der Waals surface area (Å²) in [5.74, 6) is -0.235. The van der Waals surface area contributed by atoms with Crippen LogP contribution in [0.4, 0.5) is 18.9 Å². The van der Waals surface area contributed by atoms with Crippen molar-refractivity contribution >= 4 is 5.69 Å². The SMILES string of the molecule is Cc1cc(F)ccc1N.FCF. The van der Waals surface area contributed by atoms with Crippen molar-refractivity contribution in [2.45, 2.75) is 6.92 Å². The van der Waals surface area contributed by atoms with E-state index >= 15 is 0 Å². The van der Waals surface area contributed by atoms with Crippen LogP contribution in [0.25, 0.3) is 0 Å². The Morgan fingerprint density at radius 1 is 1.33 bits per heavy atom. The third-order valence-electron chi connectivity index (χ3n) is 1.23. The van der Waals surface area contributed by atoms with E-state index in [0.717, 1.165) is 5.56 Å². The molecule has 0 fully saturated rings. The van der Waals surface area contributed by atoms with Crippen LogP contribution in [-0.2, 0) is 0 Å². The summed E-state index contributed by atoms with van der Waals surface area (Å²) in [5, 5.41) is 0. The minimum atomic E-state index is -1.75. The fourth-order valence-electron chi connectivity index (χ4n) is 0.639. The minimum absolute atomic E-state index is 0.235. The van der Waals surface area contributed by atoms with Crippen molar-refractivity contribution < 1.29 is 13.2 Å². The van der Waals surface area contributed by atoms with E-state index in [0.29, 0.717) is 5.69 Å². The van der Waals surface area contributed by atoms with E-state index in [1.54, 1.807) is 13.0 Å². The first-order valence-corrected chi connectivity index (χ1v) is 3.25. The number of hydrogen-bond donors (Lipinski definition) is 1. The summed E-state index contributed by atoms with van der Waals surface area (Å²) in [4.78, 5) is 0. The highest BCUT2D eigenvalue weighted by molar-refractivity contribution is 5.45. The quantitative estimate of drug-likeness (QED) is 0.605. The van der Waals surface area contributed by atoms with Gasteiger partial charge in [-0.3, -0.25) is 0 Å². The number of alkyl halides is 2. The normalized spacial score (nSPS) is 8.67. The molecule has 0 aliphatic rings. The number of nitrogen functional groups attached to an aromatic ring is 1. The maximum Gasteiger partial charge on any atom is 0.229 e. The van der Waals surface area contributed by atoms with Crippen molar-refractivity contribution in [1.82, 2.24) is 0 Å². The molecule has 2 N–H and O–H groups in total. The zero-order valence-corrected chi connectivity index (χ0v) is 6.65. The number of anilines is 1. The highest BCUT2D eigenvalue weighted by Crippen LogP contribution is 2.10. The van der Waals surface area contributed by atoms with Crippen molar-refractivity contribution in [2.24, 2.45) is 0 Å². The highest BCUT2D eigenvalue weighted by Gasteiger charge is 1.92. The van der Waals surface area contributed by atoms with Crippen LogP contribution in [-0.4, -0.2) is 6.93 Å². The topological polar surface area (TPSA) is 26.0 Å². The molecule has 1 aromatic rings. The van der Waals surface area contributed by atoms with Gasteiger partial charge in [0.1, 0.15) is 5.82 Å². The third kappa shape index (κ3) is 3.85. The van der Waals surface area contributed by atoms with E-state index in [9.17, 15) is 13.2 Å². The summed E-state index contributed by atoms with van der Waals surface area (Å²) in [6.07, 6.45) is 0. The Morgan fingerprint density at radius 2 is 1.83 bits per heavy atom. The third-order valence-corrected chi connectivity index (χ3v) is 1.23. The molecule has 0 saturated heterocycles. The van der Waals surface area contributed by atoms with E-state index in [2.05, 4.69) is 0 Å². The van der Waals surface area contributed by atoms with Gasteiger partial charge >= 0.3 is 0 Å². The molecule has 0 aliphatic heterocycles. The lowest BCUT2D eigenvalue weighted by atomic mass is 10.2. The number of hydrogen-bond acceptors (Lipinski definition) is 1. The first-order valence-electron chi connectivity index (χ1n) is 3.25. The number of rotatable bonds is 0. The Kier molecular flexibility index (Phi) is 4.92. The van der Waals surface area contributed by atoms with E-state index in [1.807, 2.05) is 0 Å². The second-order valence-electron chi connectivity index (χ2n) is 2.10. The van der Waals surface area contributed by atoms with E-state index in [-0.39, 0.29) is 5.82 Å². The summed E-state index contributed by atoms with van der Waals surface area (Å²) in [6.45, 7) is 0.0262. The maximum atomic E-state index is 12.3. The van der Waals surface area contributed by atoms with Crippen molar-refractivity contribution in [3.05, 3.63) is 29.6 Å². The van der Waals surface area contributed by atoms with Gasteiger partial charge in [0.25, 0.3) is 0 Å². The van der Waals surface area contributed by atoms with Gasteiger partial charge in [0.2, 0.25) is 6.93 Å². The van der Waals surface area contributed by atoms with Crippen LogP contribution >= 0.6 is 0 Å². The van der Waals surface area contributed by atoms with Gasteiger partial charge in [-0.05, 0) is 30.7 Å². The summed E-state index contributed by atoms with van der Waals surface area (Å²) in [5.41, 5.74) is 6.84. The number of halogens is 3. The summed E-state index contributed by atoms with van der Waals surface area (Å²) >= 11 is 0. The lowest BCUT2D eigenvalue weighted by molar-refractivity contribution is 0.295. The standard InChI is InChI=1S/C7H8FN.CH2F2/c1-5-4-6(8)2-3-7(5)9;2-1-3/h2-4H,9H2,1H3;1H2. The van der Waals surface area contributed by atoms with Crippen LogP contribution in [0.1, 0.15) is 5.56 Å². The van der Waals surface area contributed by atoms with Crippen molar-refractivity contribution in [3.63, 3.8) is 0 Å². The molecule has 68 valence electrons. The number of nitrogens with two attached hydrogens (primary N) is 1. The number of benzene rings is 1. The molecule has 0 saturated carbocycles. The van der Waals surface area contributed by atoms with Crippen LogP contribution in [0, 0.1) is 12.7 Å². The van der Waals surface area contributed by atoms with Crippen molar-refractivity contribution in [3.8, 4) is 0 Å². The number of aryl methyl sites for hydroxylation is 1. The van der Waals surface area contributed by atoms with Crippen LogP contribution in [0.3, 0.4) is 0 Å². The van der Waals surface area contributed by atoms with Gasteiger partial charge in [-0.25, -0.2) is 13.2 Å². The first-order chi connectivity index (χ1) is 5.61. The summed E-state index contributed by atoms with van der Waals surface area (Å²) < 4.78 is 31.5. The van der Waals surface area contributed by atoms with Crippen LogP contribution < -0.4 is 5.73 Å². The Bertz CT molecular complexity index is 238. The Hall–Kier alpha value is -1.19. The van der Waals surface area contributed by atoms with Crippen LogP contribution in [0.15, 0.2) is 18.2 Å². The lowest BCUT2D eigenvalue weighted by Gasteiger charge is -1.96. The average molecular weight is 177 g/mol. The maximum absolute atomic E-state index is 12.3. The van der Waals surface area contributed by atoms with E-state index in [4.69, 9.17) is 5.73 Å². The zero-order chi connectivity index (χ0) is 9.56. The minimum Gasteiger partial charge on any atom is -0.399 e. The largest absolute Gasteiger partial charge is 0.399 e. The molecule has 0 aliphatic carbocycles. The van der Waals surface area contributed by atoms with Gasteiger partial charge in [-0.15, -0.1) is 0 Å². The Labute approximate surface area is 69.0 Å². The fraction of sp³-hybridized carbons (Fsp3) is 0.250. The summed E-state index contributed by atoms with van der Waals surface area (Å²) in [6, 6.07) is 4.32. The lowest BCUT2D eigenvalue weighted by Crippen LogP contribution is -1.88. The monoisotopic (exact) mass is 177 g/mol. The molecule has 1 rings (SSSR count). The predicted octanol–water partition coefficient (Wildman–Crippen LogP) is 2.60. The van der Waals surface area contributed by atoms with E-state index < -0.39 is 6.93 Å². The highest BCUT2D eigenvalue weighted by atomic mass is 19.3. The molecule has 1 nitrogen and oxygen atoms in total. The molecular formula is C8H10F3N. The molecule has 0 heterocycles. The second-order valence-corrected chi connectivity index (χ2v) is 2.10. The molecule has 1 aromatic carbocycles. The smallest absolute Gasteiger partial charge is 0.229 e. The molecule has 12 heavy (non-hydrogen) atoms. The average Bonchev–Trinajstić information content (AvgIpc) is 1.99. The van der Waals surface area contributed by atoms with Gasteiger partial charge in [0.15, 0.2) is 0 Å². The zero-order valence-electron chi connectivity index (χ0n) is 6.65. The molecule has 0 radical (unpaired) electrons. The molecule has 0 spiro atoms. The van der Waals surface area contributed by atoms with Gasteiger partial charge in [-0.2, -0.15) is 0 Å². The summed E-state index contributed by atoms with van der Waals surface area (Å²) in [7, 11) is 0. The molecule has 0 amide bonds. The van der Waals surface area contributed by atoms with Crippen molar-refractivity contribution in [2.75, 3.05) is 12.7 Å². The Morgan fingerprint density at radius 3 is 2.17 bits per heavy atom. The van der Waals surface area contributed by atoms with Gasteiger partial charge < -0.3 is 5.73 Å². The Balaban J connectivity index is 0.000000354. The van der Waals surface area contributed by atoms with Gasteiger partial charge in [0.05, 0.1) is 0 Å². The van der Waals surface area contributed by atoms with Crippen molar-refractivity contribution in [1.29, 1.82) is 0 Å². The van der Waals surface area contributed by atoms with Gasteiger partial charge in [0, 0.05) is 5.69 Å². The fourth-order valence-corrected chi connectivity index (χ4v) is 0.639. The molecule has 0 aromatic heterocycles. The van der Waals surface area contributed by atoms with E-state index in [1.165, 1.54) is 12.1 Å². The molecule has 0 bridgehead atoms.